The minimum Gasteiger partial charge on any atom is -1.00 e. The number of nitrogens with zero attached hydrogens (tertiary/aromatic N) is 2. The zero-order chi connectivity index (χ0) is 15.5. The van der Waals surface area contributed by atoms with Gasteiger partial charge in [0.1, 0.15) is 0 Å². The van der Waals surface area contributed by atoms with Crippen molar-refractivity contribution in [3.05, 3.63) is 49.1 Å². The van der Waals surface area contributed by atoms with Crippen LogP contribution in [0.3, 0.4) is 0 Å². The van der Waals surface area contributed by atoms with Gasteiger partial charge in [-0.05, 0) is 24.3 Å². The first kappa shape index (κ1) is 27.2. The molecule has 0 aliphatic carbocycles. The van der Waals surface area contributed by atoms with E-state index in [1.807, 2.05) is 24.5 Å². The molecule has 4 rings (SSSR count). The number of anilines is 2. The number of nitrogens with one attached hydrogen (secondary N) is 2. The third kappa shape index (κ3) is 5.76. The predicted molar refractivity (Wildman–Crippen MR) is 93.4 cm³/mol. The van der Waals surface area contributed by atoms with E-state index < -0.39 is 10.8 Å². The van der Waals surface area contributed by atoms with Gasteiger partial charge in [0.05, 0.1) is 22.4 Å². The molecule has 0 fully saturated rings. The van der Waals surface area contributed by atoms with Crippen molar-refractivity contribution in [3.63, 3.8) is 0 Å². The minimum atomic E-state index is -0.611. The van der Waals surface area contributed by atoms with Gasteiger partial charge in [-0.3, -0.25) is 14.2 Å². The summed E-state index contributed by atoms with van der Waals surface area (Å²) in [5.74, 6) is 0. The fourth-order valence-corrected chi connectivity index (χ4v) is 2.41. The third-order valence-electron chi connectivity index (χ3n) is 3.17. The summed E-state index contributed by atoms with van der Waals surface area (Å²) in [5, 5.41) is 8.73. The average Bonchev–Trinajstić information content (AvgIpc) is 2.55. The normalized spacial score (nSPS) is 10.4. The Kier molecular flexibility index (Phi) is 13.0. The molecule has 0 saturated heterocycles. The van der Waals surface area contributed by atoms with E-state index in [0.29, 0.717) is 0 Å². The van der Waals surface area contributed by atoms with Crippen LogP contribution in [-0.2, 0) is 30.3 Å². The number of benzene rings is 1. The third-order valence-corrected chi connectivity index (χ3v) is 3.17. The second-order valence-corrected chi connectivity index (χ2v) is 6.40. The Bertz CT molecular complexity index is 840. The zero-order valence-corrected chi connectivity index (χ0v) is 18.5. The van der Waals surface area contributed by atoms with Gasteiger partial charge in [0.15, 0.2) is 0 Å². The molecule has 0 atom stereocenters. The zero-order valence-electron chi connectivity index (χ0n) is 13.8. The Hall–Kier alpha value is -0.977. The van der Waals surface area contributed by atoms with Crippen molar-refractivity contribution in [1.29, 1.82) is 0 Å². The summed E-state index contributed by atoms with van der Waals surface area (Å²) in [5.41, 5.74) is 3.97. The van der Waals surface area contributed by atoms with Crippen LogP contribution in [-0.4, -0.2) is 26.7 Å². The van der Waals surface area contributed by atoms with Gasteiger partial charge in [0.25, 0.3) is 0 Å². The van der Waals surface area contributed by atoms with Crippen LogP contribution in [0, 0.1) is 0 Å². The molecular formula is C16H16Cl3N4ORhS. The molecule has 26 heavy (non-hydrogen) atoms. The van der Waals surface area contributed by atoms with Crippen molar-refractivity contribution >= 4 is 44.0 Å². The molecule has 1 aliphatic rings. The Balaban J connectivity index is 0. The van der Waals surface area contributed by atoms with E-state index in [1.165, 1.54) is 0 Å². The van der Waals surface area contributed by atoms with Gasteiger partial charge in [-0.1, -0.05) is 0 Å². The number of rotatable bonds is 0. The molecule has 3 heterocycles. The summed E-state index contributed by atoms with van der Waals surface area (Å²) in [7, 11) is -0.611. The van der Waals surface area contributed by atoms with Gasteiger partial charge in [-0.25, -0.2) is 0 Å². The number of aromatic nitrogens is 2. The first-order valence-electron chi connectivity index (χ1n) is 6.77. The van der Waals surface area contributed by atoms with E-state index in [1.54, 1.807) is 24.9 Å². The summed E-state index contributed by atoms with van der Waals surface area (Å²) >= 11 is 0. The van der Waals surface area contributed by atoms with Gasteiger partial charge in [-0.15, -0.1) is 0 Å². The number of hydrogen-bond acceptors (Lipinski definition) is 5. The Labute approximate surface area is 186 Å². The molecule has 10 heteroatoms. The first-order valence-corrected chi connectivity index (χ1v) is 8.73. The fourth-order valence-electron chi connectivity index (χ4n) is 2.41. The van der Waals surface area contributed by atoms with Crippen molar-refractivity contribution in [2.24, 2.45) is 0 Å². The maximum atomic E-state index is 9.56. The fraction of sp³-hybridized carbons (Fsp3) is 0.125. The topological polar surface area (TPSA) is 66.9 Å². The van der Waals surface area contributed by atoms with Crippen molar-refractivity contribution in [3.8, 4) is 0 Å². The molecular weight excluding hydrogens is 506 g/mol. The Morgan fingerprint density at radius 1 is 0.808 bits per heavy atom. The van der Waals surface area contributed by atoms with Crippen LogP contribution >= 0.6 is 0 Å². The number of pyridine rings is 2. The molecule has 0 spiro atoms. The summed E-state index contributed by atoms with van der Waals surface area (Å²) in [6, 6.07) is 8.00. The van der Waals surface area contributed by atoms with Crippen LogP contribution in [0.5, 0.6) is 0 Å². The maximum Gasteiger partial charge on any atom is 3.00 e. The molecule has 0 bridgehead atoms. The number of hydrogen-bond donors (Lipinski definition) is 2. The Morgan fingerprint density at radius 3 is 1.50 bits per heavy atom. The van der Waals surface area contributed by atoms with Gasteiger partial charge in [0.2, 0.25) is 0 Å². The predicted octanol–water partition coefficient (Wildman–Crippen LogP) is -5.90. The Morgan fingerprint density at radius 2 is 1.15 bits per heavy atom. The largest absolute Gasteiger partial charge is 3.00 e. The molecule has 0 unspecified atom stereocenters. The smallest absolute Gasteiger partial charge is 1.00 e. The molecule has 1 aliphatic heterocycles. The van der Waals surface area contributed by atoms with E-state index in [2.05, 4.69) is 32.7 Å². The van der Waals surface area contributed by atoms with E-state index in [-0.39, 0.29) is 56.7 Å². The maximum absolute atomic E-state index is 9.56. The second kappa shape index (κ2) is 12.4. The van der Waals surface area contributed by atoms with Crippen LogP contribution < -0.4 is 47.9 Å². The van der Waals surface area contributed by atoms with E-state index in [9.17, 15) is 4.21 Å². The van der Waals surface area contributed by atoms with Crippen molar-refractivity contribution in [2.75, 3.05) is 23.1 Å². The van der Waals surface area contributed by atoms with Crippen LogP contribution in [0.4, 0.5) is 11.4 Å². The monoisotopic (exact) mass is 520 g/mol. The van der Waals surface area contributed by atoms with Crippen molar-refractivity contribution in [2.45, 2.75) is 0 Å². The molecule has 142 valence electrons. The molecule has 5 nitrogen and oxygen atoms in total. The number of fused-ring (bicyclic) bond motifs is 6. The standard InChI is InChI=1S/C14H10N4.C2H6OS.3ClH.Rh/c1-3-9-11(15-5-1)12-10(4-2-6-16-12)14-13(9)17-7-8-18-14;1-4(2)3;;;;/h1-8,17-18H;1-2H3;3*1H;/q;;;;;+3/p-3. The molecule has 1 aromatic carbocycles. The molecule has 3 aromatic rings. The first-order chi connectivity index (χ1) is 10.7. The van der Waals surface area contributed by atoms with Crippen molar-refractivity contribution < 1.29 is 60.9 Å². The molecule has 0 radical (unpaired) electrons. The molecule has 0 amide bonds. The van der Waals surface area contributed by atoms with E-state index >= 15 is 0 Å². The van der Waals surface area contributed by atoms with Gasteiger partial charge < -0.3 is 47.9 Å². The summed E-state index contributed by atoms with van der Waals surface area (Å²) in [6.45, 7) is 0. The molecule has 0 saturated carbocycles. The molecule has 2 aromatic heterocycles. The van der Waals surface area contributed by atoms with Crippen LogP contribution in [0.15, 0.2) is 49.1 Å². The number of halogens is 3. The van der Waals surface area contributed by atoms with Gasteiger partial charge in [0, 0.05) is 58.9 Å². The van der Waals surface area contributed by atoms with Gasteiger partial charge >= 0.3 is 19.5 Å². The van der Waals surface area contributed by atoms with Crippen LogP contribution in [0.2, 0.25) is 0 Å². The summed E-state index contributed by atoms with van der Waals surface area (Å²) in [4.78, 5) is 8.93. The summed E-state index contributed by atoms with van der Waals surface area (Å²) < 4.78 is 9.56. The minimum absolute atomic E-state index is 0. The average molecular weight is 522 g/mol. The van der Waals surface area contributed by atoms with E-state index in [0.717, 1.165) is 33.2 Å². The second-order valence-electron chi connectivity index (χ2n) is 4.91. The van der Waals surface area contributed by atoms with Crippen LogP contribution in [0.25, 0.3) is 21.8 Å². The van der Waals surface area contributed by atoms with Crippen LogP contribution in [0.1, 0.15) is 0 Å². The molecule has 2 N–H and O–H groups in total. The summed E-state index contributed by atoms with van der Waals surface area (Å²) in [6.07, 6.45) is 10.7. The van der Waals surface area contributed by atoms with Gasteiger partial charge in [-0.2, -0.15) is 0 Å². The van der Waals surface area contributed by atoms with E-state index in [4.69, 9.17) is 0 Å². The SMILES string of the molecule is C1=CNc2c(c3cccnc3c3ncccc23)N1.CS(C)=O.[Cl-].[Cl-].[Cl-].[Rh+3]. The quantitative estimate of drug-likeness (QED) is 0.228. The van der Waals surface area contributed by atoms with Crippen molar-refractivity contribution in [1.82, 2.24) is 9.97 Å².